The minimum atomic E-state index is -0.120. The van der Waals surface area contributed by atoms with Gasteiger partial charge in [0.05, 0.1) is 0 Å². The summed E-state index contributed by atoms with van der Waals surface area (Å²) in [4.78, 5) is 14.6. The third-order valence-corrected chi connectivity index (χ3v) is 4.07. The van der Waals surface area contributed by atoms with E-state index in [4.69, 9.17) is 0 Å². The van der Waals surface area contributed by atoms with Gasteiger partial charge < -0.3 is 15.5 Å². The van der Waals surface area contributed by atoms with E-state index in [1.54, 1.807) is 0 Å². The van der Waals surface area contributed by atoms with Gasteiger partial charge in [-0.15, -0.1) is 0 Å². The van der Waals surface area contributed by atoms with Crippen molar-refractivity contribution >= 4 is 5.91 Å². The van der Waals surface area contributed by atoms with Crippen LogP contribution in [0.15, 0.2) is 24.3 Å². The SMILES string of the molecule is CN(C)Cc1ccccc1CNC(=O)c1n[nH]c2c1CNCC2. The van der Waals surface area contributed by atoms with Crippen LogP contribution in [-0.4, -0.2) is 41.6 Å². The largest absolute Gasteiger partial charge is 0.347 e. The maximum absolute atomic E-state index is 12.5. The molecule has 2 heterocycles. The summed E-state index contributed by atoms with van der Waals surface area (Å²) in [5.74, 6) is -0.120. The number of carbonyl (C=O) groups is 1. The van der Waals surface area contributed by atoms with Crippen LogP contribution >= 0.6 is 0 Å². The normalized spacial score (nSPS) is 13.9. The first-order valence-electron chi connectivity index (χ1n) is 7.91. The van der Waals surface area contributed by atoms with Crippen LogP contribution < -0.4 is 10.6 Å². The highest BCUT2D eigenvalue weighted by molar-refractivity contribution is 5.94. The molecule has 3 N–H and O–H groups in total. The molecule has 1 aromatic heterocycles. The molecule has 1 aliphatic heterocycles. The number of rotatable bonds is 5. The van der Waals surface area contributed by atoms with Crippen LogP contribution in [0.3, 0.4) is 0 Å². The number of aromatic nitrogens is 2. The molecule has 0 fully saturated rings. The van der Waals surface area contributed by atoms with Crippen LogP contribution in [0.2, 0.25) is 0 Å². The van der Waals surface area contributed by atoms with Crippen LogP contribution in [0.25, 0.3) is 0 Å². The van der Waals surface area contributed by atoms with Crippen molar-refractivity contribution < 1.29 is 4.79 Å². The zero-order valence-electron chi connectivity index (χ0n) is 13.6. The number of carbonyl (C=O) groups excluding carboxylic acids is 1. The van der Waals surface area contributed by atoms with Crippen LogP contribution in [-0.2, 0) is 26.1 Å². The maximum atomic E-state index is 12.5. The van der Waals surface area contributed by atoms with Crippen molar-refractivity contribution in [3.8, 4) is 0 Å². The predicted octanol–water partition coefficient (Wildman–Crippen LogP) is 1.05. The van der Waals surface area contributed by atoms with Gasteiger partial charge in [0.25, 0.3) is 5.91 Å². The number of hydrogen-bond acceptors (Lipinski definition) is 4. The first kappa shape index (κ1) is 15.7. The Labute approximate surface area is 136 Å². The molecule has 3 rings (SSSR count). The summed E-state index contributed by atoms with van der Waals surface area (Å²) in [6, 6.07) is 8.18. The molecule has 122 valence electrons. The van der Waals surface area contributed by atoms with Crippen LogP contribution in [0.5, 0.6) is 0 Å². The van der Waals surface area contributed by atoms with Crippen LogP contribution in [0.1, 0.15) is 32.9 Å². The van der Waals surface area contributed by atoms with Crippen molar-refractivity contribution in [2.75, 3.05) is 20.6 Å². The van der Waals surface area contributed by atoms with Crippen molar-refractivity contribution in [1.82, 2.24) is 25.7 Å². The topological polar surface area (TPSA) is 73.0 Å². The van der Waals surface area contributed by atoms with Gasteiger partial charge in [0.2, 0.25) is 0 Å². The third kappa shape index (κ3) is 3.60. The lowest BCUT2D eigenvalue weighted by Crippen LogP contribution is -2.28. The molecule has 0 atom stereocenters. The molecule has 1 amide bonds. The zero-order valence-corrected chi connectivity index (χ0v) is 13.6. The summed E-state index contributed by atoms with van der Waals surface area (Å²) >= 11 is 0. The minimum Gasteiger partial charge on any atom is -0.347 e. The lowest BCUT2D eigenvalue weighted by atomic mass is 10.1. The Morgan fingerprint density at radius 2 is 2.09 bits per heavy atom. The second kappa shape index (κ2) is 6.93. The van der Waals surface area contributed by atoms with Crippen molar-refractivity contribution in [2.24, 2.45) is 0 Å². The van der Waals surface area contributed by atoms with Crippen molar-refractivity contribution in [1.29, 1.82) is 0 Å². The number of amides is 1. The van der Waals surface area contributed by atoms with E-state index in [9.17, 15) is 4.79 Å². The number of nitrogens with zero attached hydrogens (tertiary/aromatic N) is 2. The summed E-state index contributed by atoms with van der Waals surface area (Å²) in [5.41, 5.74) is 4.94. The van der Waals surface area contributed by atoms with Gasteiger partial charge in [0, 0.05) is 43.9 Å². The molecule has 6 nitrogen and oxygen atoms in total. The van der Waals surface area contributed by atoms with Crippen molar-refractivity contribution in [3.05, 3.63) is 52.3 Å². The van der Waals surface area contributed by atoms with Gasteiger partial charge in [-0.2, -0.15) is 5.10 Å². The molecule has 23 heavy (non-hydrogen) atoms. The lowest BCUT2D eigenvalue weighted by molar-refractivity contribution is 0.0944. The molecular weight excluding hydrogens is 290 g/mol. The molecule has 6 heteroatoms. The Hall–Kier alpha value is -2.18. The molecule has 0 spiro atoms. The number of benzene rings is 1. The fourth-order valence-corrected chi connectivity index (χ4v) is 2.90. The highest BCUT2D eigenvalue weighted by Gasteiger charge is 2.21. The molecule has 2 aromatic rings. The average molecular weight is 313 g/mol. The quantitative estimate of drug-likeness (QED) is 0.771. The number of fused-ring (bicyclic) bond motifs is 1. The molecule has 1 aliphatic rings. The molecule has 0 saturated carbocycles. The summed E-state index contributed by atoms with van der Waals surface area (Å²) in [5, 5.41) is 13.5. The molecule has 0 saturated heterocycles. The molecular formula is C17H23N5O. The van der Waals surface area contributed by atoms with Crippen molar-refractivity contribution in [2.45, 2.75) is 26.1 Å². The Morgan fingerprint density at radius 1 is 1.30 bits per heavy atom. The van der Waals surface area contributed by atoms with E-state index in [0.717, 1.165) is 36.3 Å². The smallest absolute Gasteiger partial charge is 0.272 e. The number of nitrogens with one attached hydrogen (secondary N) is 3. The highest BCUT2D eigenvalue weighted by Crippen LogP contribution is 2.16. The second-order valence-corrected chi connectivity index (χ2v) is 6.15. The number of H-pyrrole nitrogens is 1. The van der Waals surface area contributed by atoms with Gasteiger partial charge >= 0.3 is 0 Å². The Morgan fingerprint density at radius 3 is 2.87 bits per heavy atom. The van der Waals surface area contributed by atoms with Gasteiger partial charge in [0.1, 0.15) is 0 Å². The van der Waals surface area contributed by atoms with Gasteiger partial charge in [-0.3, -0.25) is 9.89 Å². The first-order chi connectivity index (χ1) is 11.1. The predicted molar refractivity (Wildman–Crippen MR) is 89.0 cm³/mol. The number of aromatic amines is 1. The monoisotopic (exact) mass is 313 g/mol. The van der Waals surface area contributed by atoms with E-state index in [0.29, 0.717) is 18.8 Å². The average Bonchev–Trinajstić information content (AvgIpc) is 2.97. The summed E-state index contributed by atoms with van der Waals surface area (Å²) in [6.45, 7) is 2.99. The third-order valence-electron chi connectivity index (χ3n) is 4.07. The second-order valence-electron chi connectivity index (χ2n) is 6.15. The fraction of sp³-hybridized carbons (Fsp3) is 0.412. The summed E-state index contributed by atoms with van der Waals surface area (Å²) in [6.07, 6.45) is 0.890. The van der Waals surface area contributed by atoms with E-state index in [-0.39, 0.29) is 5.91 Å². The lowest BCUT2D eigenvalue weighted by Gasteiger charge is -2.15. The zero-order chi connectivity index (χ0) is 16.2. The Kier molecular flexibility index (Phi) is 4.73. The standard InChI is InChI=1S/C17H23N5O/c1-22(2)11-13-6-4-3-5-12(13)9-19-17(23)16-14-10-18-8-7-15(14)20-21-16/h3-6,18H,7-11H2,1-2H3,(H,19,23)(H,20,21). The van der Waals surface area contributed by atoms with E-state index in [2.05, 4.69) is 37.9 Å². The molecule has 0 unspecified atom stereocenters. The highest BCUT2D eigenvalue weighted by atomic mass is 16.1. The Bertz CT molecular complexity index is 692. The summed E-state index contributed by atoms with van der Waals surface area (Å²) in [7, 11) is 4.08. The van der Waals surface area contributed by atoms with Gasteiger partial charge in [-0.1, -0.05) is 24.3 Å². The number of hydrogen-bond donors (Lipinski definition) is 3. The van der Waals surface area contributed by atoms with E-state index >= 15 is 0 Å². The molecule has 0 radical (unpaired) electrons. The van der Waals surface area contributed by atoms with E-state index in [1.807, 2.05) is 26.2 Å². The summed E-state index contributed by atoms with van der Waals surface area (Å²) < 4.78 is 0. The maximum Gasteiger partial charge on any atom is 0.272 e. The minimum absolute atomic E-state index is 0.120. The molecule has 0 aliphatic carbocycles. The van der Waals surface area contributed by atoms with Crippen LogP contribution in [0.4, 0.5) is 0 Å². The first-order valence-corrected chi connectivity index (χ1v) is 7.91. The van der Waals surface area contributed by atoms with Crippen LogP contribution in [0, 0.1) is 0 Å². The molecule has 1 aromatic carbocycles. The molecule has 0 bridgehead atoms. The van der Waals surface area contributed by atoms with Gasteiger partial charge in [0.15, 0.2) is 5.69 Å². The van der Waals surface area contributed by atoms with E-state index < -0.39 is 0 Å². The van der Waals surface area contributed by atoms with Gasteiger partial charge in [-0.05, 0) is 25.2 Å². The van der Waals surface area contributed by atoms with Crippen molar-refractivity contribution in [3.63, 3.8) is 0 Å². The fourth-order valence-electron chi connectivity index (χ4n) is 2.90. The Balaban J connectivity index is 1.69. The van der Waals surface area contributed by atoms with Gasteiger partial charge in [-0.25, -0.2) is 0 Å². The van der Waals surface area contributed by atoms with E-state index in [1.165, 1.54) is 5.56 Å².